The van der Waals surface area contributed by atoms with Gasteiger partial charge in [-0.3, -0.25) is 0 Å². The van der Waals surface area contributed by atoms with Gasteiger partial charge in [0.15, 0.2) is 0 Å². The molecule has 0 bridgehead atoms. The zero-order valence-electron chi connectivity index (χ0n) is 15.5. The molecular weight excluding hydrogens is 570 g/mol. The maximum absolute atomic E-state index is 5.70. The Labute approximate surface area is 204 Å². The maximum atomic E-state index is 5.70. The summed E-state index contributed by atoms with van der Waals surface area (Å²) in [6.07, 6.45) is 0. The Bertz CT molecular complexity index is 1340. The molecule has 0 aliphatic carbocycles. The second-order valence-electron chi connectivity index (χ2n) is 6.59. The molecule has 2 aromatic heterocycles. The van der Waals surface area contributed by atoms with Crippen LogP contribution in [0.15, 0.2) is 98.2 Å². The van der Waals surface area contributed by atoms with Crippen molar-refractivity contribution < 1.29 is 23.0 Å². The number of anilines is 1. The number of nitrogen functional groups attached to an aromatic ring is 1. The average Bonchev–Trinajstić information content (AvgIpc) is 3.32. The molecule has 0 unspecified atom stereocenters. The van der Waals surface area contributed by atoms with Crippen molar-refractivity contribution in [3.8, 4) is 0 Å². The fourth-order valence-corrected chi connectivity index (χ4v) is 3.78. The minimum atomic E-state index is 0. The van der Waals surface area contributed by atoms with Crippen LogP contribution >= 0.6 is 30.0 Å². The number of benzene rings is 4. The van der Waals surface area contributed by atoms with Crippen molar-refractivity contribution in [1.29, 1.82) is 0 Å². The molecule has 0 aliphatic rings. The minimum absolute atomic E-state index is 0. The summed E-state index contributed by atoms with van der Waals surface area (Å²) >= 11 is 9.93. The number of para-hydroxylation sites is 2. The number of halogens is 2. The van der Waals surface area contributed by atoms with Crippen LogP contribution in [0, 0.1) is 0 Å². The Kier molecular flexibility index (Phi) is 7.84. The number of nitrogens with two attached hydrogens (primary N) is 1. The Morgan fingerprint density at radius 2 is 1.03 bits per heavy atom. The van der Waals surface area contributed by atoms with Gasteiger partial charge in [0.2, 0.25) is 0 Å². The van der Waals surface area contributed by atoms with Gasteiger partial charge in [0.1, 0.15) is 22.3 Å². The van der Waals surface area contributed by atoms with Crippen LogP contribution < -0.4 is 5.73 Å². The average molecular weight is 590 g/mol. The predicted molar refractivity (Wildman–Crippen MR) is 135 cm³/mol. The van der Waals surface area contributed by atoms with E-state index in [0.717, 1.165) is 43.3 Å². The molecule has 31 heavy (non-hydrogen) atoms. The van der Waals surface area contributed by atoms with Crippen molar-refractivity contribution in [1.82, 2.24) is 0 Å². The van der Waals surface area contributed by atoms with Crippen molar-refractivity contribution in [2.24, 2.45) is 0 Å². The molecule has 0 spiro atoms. The van der Waals surface area contributed by atoms with Crippen molar-refractivity contribution in [2.45, 2.75) is 7.43 Å². The van der Waals surface area contributed by atoms with Crippen molar-refractivity contribution in [3.63, 3.8) is 0 Å². The van der Waals surface area contributed by atoms with Gasteiger partial charge in [0, 0.05) is 37.8 Å². The van der Waals surface area contributed by atoms with E-state index in [1.807, 2.05) is 66.7 Å². The van der Waals surface area contributed by atoms with Crippen LogP contribution in [0.5, 0.6) is 0 Å². The quantitative estimate of drug-likeness (QED) is 0.142. The Hall–Kier alpha value is -2.24. The Morgan fingerprint density at radius 1 is 0.581 bits per heavy atom. The molecule has 6 aromatic rings. The van der Waals surface area contributed by atoms with Gasteiger partial charge in [-0.2, -0.15) is 0 Å². The number of furan rings is 2. The van der Waals surface area contributed by atoms with Crippen LogP contribution in [0.2, 0.25) is 0 Å². The van der Waals surface area contributed by atoms with Crippen molar-refractivity contribution in [3.05, 3.63) is 89.4 Å². The topological polar surface area (TPSA) is 52.3 Å². The number of rotatable bonds is 0. The summed E-state index contributed by atoms with van der Waals surface area (Å²) in [4.78, 5) is 0. The van der Waals surface area contributed by atoms with Crippen molar-refractivity contribution >= 4 is 79.6 Å². The van der Waals surface area contributed by atoms with Gasteiger partial charge < -0.3 is 14.6 Å². The summed E-state index contributed by atoms with van der Waals surface area (Å²) < 4.78 is 12.4. The van der Waals surface area contributed by atoms with Crippen LogP contribution in [0.25, 0.3) is 43.9 Å². The molecule has 0 saturated heterocycles. The molecule has 0 atom stereocenters. The molecule has 162 valence electrons. The molecule has 0 amide bonds. The molecule has 2 heterocycles. The van der Waals surface area contributed by atoms with Crippen molar-refractivity contribution in [2.75, 3.05) is 5.73 Å². The van der Waals surface area contributed by atoms with Crippen LogP contribution in [-0.4, -0.2) is 0 Å². The number of hydrogen-bond acceptors (Lipinski definition) is 3. The molecule has 0 saturated carbocycles. The summed E-state index contributed by atoms with van der Waals surface area (Å²) in [5.74, 6) is 0. The molecule has 0 fully saturated rings. The van der Waals surface area contributed by atoms with E-state index in [2.05, 4.69) is 62.4 Å². The molecule has 6 heteroatoms. The Balaban J connectivity index is 0.000000158. The summed E-state index contributed by atoms with van der Waals surface area (Å²) in [7, 11) is 0. The first-order chi connectivity index (χ1) is 14.7. The third-order valence-corrected chi connectivity index (χ3v) is 5.24. The van der Waals surface area contributed by atoms with Crippen LogP contribution in [0.1, 0.15) is 7.43 Å². The van der Waals surface area contributed by atoms with E-state index < -0.39 is 0 Å². The van der Waals surface area contributed by atoms with E-state index in [0.29, 0.717) is 0 Å². The van der Waals surface area contributed by atoms with Crippen LogP contribution in [0.3, 0.4) is 0 Å². The first kappa shape index (κ1) is 23.4. The second kappa shape index (κ2) is 10.4. The molecular formula is C25H20Br2CuNO2. The first-order valence-corrected chi connectivity index (χ1v) is 12.2. The van der Waals surface area contributed by atoms with E-state index in [1.165, 1.54) is 10.8 Å². The fraction of sp³-hybridized carbons (Fsp3) is 0.0400. The van der Waals surface area contributed by atoms with Gasteiger partial charge in [-0.15, -0.1) is 0 Å². The normalized spacial score (nSPS) is 10.3. The van der Waals surface area contributed by atoms with Crippen LogP contribution in [0.4, 0.5) is 5.69 Å². The van der Waals surface area contributed by atoms with E-state index in [1.54, 1.807) is 0 Å². The van der Waals surface area contributed by atoms with Gasteiger partial charge in [-0.25, -0.2) is 0 Å². The SMILES string of the molecule is Brc1ccc2c(c1)oc1ccccc12.C.Nc1ccc2c(c1)oc1ccccc12.[Cu][Br]. The van der Waals surface area contributed by atoms with E-state index >= 15 is 0 Å². The standard InChI is InChI=1S/C12H7BrO.C12H9NO.CH4.BrH.Cu/c2*13-8-5-6-10-9-3-1-2-4-11(9)14-12(10)7-8;;;/h1-7H;1-7H,13H2;1H4;1H;/q;;;;+1/p-1. The van der Waals surface area contributed by atoms with Gasteiger partial charge >= 0.3 is 28.3 Å². The van der Waals surface area contributed by atoms with Gasteiger partial charge in [0.05, 0.1) is 0 Å². The zero-order valence-corrected chi connectivity index (χ0v) is 19.6. The summed E-state index contributed by atoms with van der Waals surface area (Å²) in [6.45, 7) is 0. The van der Waals surface area contributed by atoms with E-state index in [4.69, 9.17) is 14.6 Å². The second-order valence-corrected chi connectivity index (χ2v) is 7.51. The number of fused-ring (bicyclic) bond motifs is 6. The third-order valence-electron chi connectivity index (χ3n) is 4.74. The number of hydrogen-bond donors (Lipinski definition) is 1. The van der Waals surface area contributed by atoms with Gasteiger partial charge in [-0.1, -0.05) is 59.8 Å². The van der Waals surface area contributed by atoms with Crippen LogP contribution in [-0.2, 0) is 14.2 Å². The summed E-state index contributed by atoms with van der Waals surface area (Å²) in [6, 6.07) is 27.9. The predicted octanol–water partition coefficient (Wildman–Crippen LogP) is 9.00. The molecule has 6 rings (SSSR count). The fourth-order valence-electron chi connectivity index (χ4n) is 3.44. The monoisotopic (exact) mass is 587 g/mol. The summed E-state index contributed by atoms with van der Waals surface area (Å²) in [5, 5.41) is 4.61. The summed E-state index contributed by atoms with van der Waals surface area (Å²) in [5.41, 5.74) is 10.1. The third kappa shape index (κ3) is 4.83. The molecule has 3 nitrogen and oxygen atoms in total. The Morgan fingerprint density at radius 3 is 1.61 bits per heavy atom. The van der Waals surface area contributed by atoms with E-state index in [-0.39, 0.29) is 7.43 Å². The molecule has 4 aromatic carbocycles. The molecule has 2 N–H and O–H groups in total. The van der Waals surface area contributed by atoms with Gasteiger partial charge in [-0.05, 0) is 42.5 Å². The first-order valence-electron chi connectivity index (χ1n) is 9.04. The molecule has 0 aliphatic heterocycles. The zero-order chi connectivity index (χ0) is 21.1. The van der Waals surface area contributed by atoms with E-state index in [9.17, 15) is 0 Å². The van der Waals surface area contributed by atoms with Gasteiger partial charge in [0.25, 0.3) is 0 Å². The molecule has 0 radical (unpaired) electrons.